The largest absolute Gasteiger partial charge is 0.494 e. The lowest BCUT2D eigenvalue weighted by molar-refractivity contribution is -0.125. The molecule has 0 unspecified atom stereocenters. The van der Waals surface area contributed by atoms with Gasteiger partial charge in [0.15, 0.2) is 5.78 Å². The number of carbonyl (C=O) groups is 2. The van der Waals surface area contributed by atoms with E-state index in [1.807, 2.05) is 6.92 Å². The normalized spacial score (nSPS) is 10.8. The van der Waals surface area contributed by atoms with Crippen molar-refractivity contribution in [3.8, 4) is 5.75 Å². The third-order valence-electron chi connectivity index (χ3n) is 4.73. The van der Waals surface area contributed by atoms with E-state index in [2.05, 4.69) is 20.6 Å². The van der Waals surface area contributed by atoms with Crippen molar-refractivity contribution in [3.63, 3.8) is 0 Å². The van der Waals surface area contributed by atoms with Crippen LogP contribution in [0, 0.1) is 5.82 Å². The van der Waals surface area contributed by atoms with Crippen LogP contribution in [0.1, 0.15) is 25.3 Å². The Labute approximate surface area is 195 Å². The number of fused-ring (bicyclic) bond motifs is 1. The molecule has 33 heavy (non-hydrogen) atoms. The van der Waals surface area contributed by atoms with E-state index < -0.39 is 5.82 Å². The molecule has 10 heteroatoms. The maximum atomic E-state index is 13.5. The average Bonchev–Trinajstić information content (AvgIpc) is 2.79. The summed E-state index contributed by atoms with van der Waals surface area (Å²) < 4.78 is 19.2. The highest BCUT2D eigenvalue weighted by atomic mass is 35.5. The molecule has 1 heterocycles. The van der Waals surface area contributed by atoms with Gasteiger partial charge in [-0.05, 0) is 37.6 Å². The fraction of sp³-hybridized carbons (Fsp3) is 0.304. The molecule has 0 aliphatic rings. The van der Waals surface area contributed by atoms with Crippen LogP contribution in [-0.4, -0.2) is 46.5 Å². The van der Waals surface area contributed by atoms with Crippen LogP contribution in [0.2, 0.25) is 5.02 Å². The van der Waals surface area contributed by atoms with Gasteiger partial charge in [0, 0.05) is 42.2 Å². The third kappa shape index (κ3) is 6.59. The van der Waals surface area contributed by atoms with Gasteiger partial charge in [-0.15, -0.1) is 0 Å². The second-order valence-electron chi connectivity index (χ2n) is 7.21. The lowest BCUT2D eigenvalue weighted by atomic mass is 10.0. The standard InChI is InChI=1S/C23H24ClFN4O4/c1-2-33-21-11-20-17(9-14(21)8-16(31)12-26-22(32)4-3-7-30)23(28-13-27-20)29-15-5-6-19(25)18(24)10-15/h5-6,9-11,13,30H,2-4,7-8,12H2,1H3,(H,26,32)(H,27,28,29). The van der Waals surface area contributed by atoms with Crippen molar-refractivity contribution < 1.29 is 23.8 Å². The summed E-state index contributed by atoms with van der Waals surface area (Å²) in [6.07, 6.45) is 1.92. The van der Waals surface area contributed by atoms with Gasteiger partial charge in [0.25, 0.3) is 0 Å². The highest BCUT2D eigenvalue weighted by Crippen LogP contribution is 2.31. The number of nitrogens with one attached hydrogen (secondary N) is 2. The topological polar surface area (TPSA) is 113 Å². The summed E-state index contributed by atoms with van der Waals surface area (Å²) in [4.78, 5) is 32.8. The minimum absolute atomic E-state index is 0.0238. The molecule has 174 valence electrons. The Morgan fingerprint density at radius 2 is 2.03 bits per heavy atom. The smallest absolute Gasteiger partial charge is 0.220 e. The van der Waals surface area contributed by atoms with E-state index in [0.29, 0.717) is 46.7 Å². The maximum Gasteiger partial charge on any atom is 0.220 e. The molecule has 0 bridgehead atoms. The maximum absolute atomic E-state index is 13.5. The van der Waals surface area contributed by atoms with Gasteiger partial charge in [-0.2, -0.15) is 0 Å². The van der Waals surface area contributed by atoms with E-state index in [0.717, 1.165) is 0 Å². The zero-order valence-corrected chi connectivity index (χ0v) is 18.8. The predicted octanol–water partition coefficient (Wildman–Crippen LogP) is 3.56. The predicted molar refractivity (Wildman–Crippen MR) is 123 cm³/mol. The van der Waals surface area contributed by atoms with Crippen molar-refractivity contribution in [2.45, 2.75) is 26.2 Å². The van der Waals surface area contributed by atoms with Crippen molar-refractivity contribution >= 4 is 45.7 Å². The SMILES string of the molecule is CCOc1cc2ncnc(Nc3ccc(F)c(Cl)c3)c2cc1CC(=O)CNC(=O)CCCO. The number of hydrogen-bond acceptors (Lipinski definition) is 7. The Bertz CT molecular complexity index is 1160. The van der Waals surface area contributed by atoms with Crippen LogP contribution < -0.4 is 15.4 Å². The lowest BCUT2D eigenvalue weighted by Gasteiger charge is -2.14. The zero-order chi connectivity index (χ0) is 23.8. The van der Waals surface area contributed by atoms with Crippen molar-refractivity contribution in [2.75, 3.05) is 25.1 Å². The Morgan fingerprint density at radius 3 is 2.76 bits per heavy atom. The van der Waals surface area contributed by atoms with Crippen LogP contribution in [0.25, 0.3) is 10.9 Å². The quantitative estimate of drug-likeness (QED) is 0.389. The number of aliphatic hydroxyl groups is 1. The molecule has 0 spiro atoms. The van der Waals surface area contributed by atoms with E-state index in [1.165, 1.54) is 24.5 Å². The molecular weight excluding hydrogens is 451 g/mol. The molecule has 1 aromatic heterocycles. The second kappa shape index (κ2) is 11.5. The number of halogens is 2. The molecule has 0 fully saturated rings. The molecule has 2 aromatic carbocycles. The van der Waals surface area contributed by atoms with Gasteiger partial charge in [0.2, 0.25) is 5.91 Å². The summed E-state index contributed by atoms with van der Waals surface area (Å²) in [5.41, 5.74) is 1.75. The number of aromatic nitrogens is 2. The Kier molecular flexibility index (Phi) is 8.51. The first-order valence-electron chi connectivity index (χ1n) is 10.4. The molecule has 8 nitrogen and oxygen atoms in total. The summed E-state index contributed by atoms with van der Waals surface area (Å²) >= 11 is 5.87. The van der Waals surface area contributed by atoms with Crippen LogP contribution in [0.5, 0.6) is 5.75 Å². The number of ketones is 1. The minimum Gasteiger partial charge on any atom is -0.494 e. The van der Waals surface area contributed by atoms with E-state index in [-0.39, 0.29) is 42.7 Å². The number of nitrogens with zero attached hydrogens (tertiary/aromatic N) is 2. The molecule has 0 aliphatic carbocycles. The lowest BCUT2D eigenvalue weighted by Crippen LogP contribution is -2.30. The number of rotatable bonds is 11. The molecule has 0 saturated carbocycles. The number of aliphatic hydroxyl groups excluding tert-OH is 1. The number of hydrogen-bond donors (Lipinski definition) is 3. The third-order valence-corrected chi connectivity index (χ3v) is 5.02. The van der Waals surface area contributed by atoms with Crippen LogP contribution in [0.3, 0.4) is 0 Å². The Morgan fingerprint density at radius 1 is 1.21 bits per heavy atom. The summed E-state index contributed by atoms with van der Waals surface area (Å²) in [5, 5.41) is 15.1. The number of benzene rings is 2. The number of Topliss-reactive ketones (excluding diaryl/α,β-unsaturated/α-hetero) is 1. The molecule has 1 amide bonds. The van der Waals surface area contributed by atoms with E-state index in [9.17, 15) is 14.0 Å². The van der Waals surface area contributed by atoms with Gasteiger partial charge in [0.05, 0.1) is 23.7 Å². The highest BCUT2D eigenvalue weighted by molar-refractivity contribution is 6.31. The van der Waals surface area contributed by atoms with E-state index in [4.69, 9.17) is 21.4 Å². The van der Waals surface area contributed by atoms with Gasteiger partial charge in [-0.1, -0.05) is 11.6 Å². The zero-order valence-electron chi connectivity index (χ0n) is 18.0. The molecule has 3 rings (SSSR count). The summed E-state index contributed by atoms with van der Waals surface area (Å²) in [6.45, 7) is 2.02. The van der Waals surface area contributed by atoms with Gasteiger partial charge in [0.1, 0.15) is 23.7 Å². The number of anilines is 2. The fourth-order valence-electron chi connectivity index (χ4n) is 3.17. The molecule has 3 N–H and O–H groups in total. The molecular formula is C23H24ClFN4O4. The number of amides is 1. The molecule has 0 saturated heterocycles. The first-order chi connectivity index (χ1) is 15.9. The van der Waals surface area contributed by atoms with Crippen molar-refractivity contribution in [3.05, 3.63) is 53.1 Å². The van der Waals surface area contributed by atoms with Crippen LogP contribution in [0.4, 0.5) is 15.9 Å². The van der Waals surface area contributed by atoms with Crippen molar-refractivity contribution in [1.82, 2.24) is 15.3 Å². The Hall–Kier alpha value is -3.30. The fourth-order valence-corrected chi connectivity index (χ4v) is 3.35. The minimum atomic E-state index is -0.527. The molecule has 0 radical (unpaired) electrons. The summed E-state index contributed by atoms with van der Waals surface area (Å²) in [7, 11) is 0. The second-order valence-corrected chi connectivity index (χ2v) is 7.61. The van der Waals surface area contributed by atoms with Crippen molar-refractivity contribution in [1.29, 1.82) is 0 Å². The first kappa shape index (κ1) is 24.3. The van der Waals surface area contributed by atoms with Gasteiger partial charge < -0.3 is 20.5 Å². The van der Waals surface area contributed by atoms with E-state index >= 15 is 0 Å². The van der Waals surface area contributed by atoms with Gasteiger partial charge in [-0.3, -0.25) is 9.59 Å². The average molecular weight is 475 g/mol. The van der Waals surface area contributed by atoms with E-state index in [1.54, 1.807) is 12.1 Å². The number of ether oxygens (including phenoxy) is 1. The Balaban J connectivity index is 1.86. The monoisotopic (exact) mass is 474 g/mol. The summed E-state index contributed by atoms with van der Waals surface area (Å²) in [5.74, 6) is -0.0559. The summed E-state index contributed by atoms with van der Waals surface area (Å²) in [6, 6.07) is 7.72. The molecule has 3 aromatic rings. The van der Waals surface area contributed by atoms with Gasteiger partial charge in [-0.25, -0.2) is 14.4 Å². The number of carbonyl (C=O) groups excluding carboxylic acids is 2. The highest BCUT2D eigenvalue weighted by Gasteiger charge is 2.15. The van der Waals surface area contributed by atoms with Crippen LogP contribution in [0.15, 0.2) is 36.7 Å². The van der Waals surface area contributed by atoms with Crippen LogP contribution in [-0.2, 0) is 16.0 Å². The first-order valence-corrected chi connectivity index (χ1v) is 10.8. The van der Waals surface area contributed by atoms with Crippen LogP contribution >= 0.6 is 11.6 Å². The molecule has 0 atom stereocenters. The van der Waals surface area contributed by atoms with Gasteiger partial charge >= 0.3 is 0 Å². The molecule has 0 aliphatic heterocycles. The van der Waals surface area contributed by atoms with Crippen molar-refractivity contribution in [2.24, 2.45) is 0 Å².